The van der Waals surface area contributed by atoms with Crippen LogP contribution in [-0.4, -0.2) is 24.6 Å². The normalized spacial score (nSPS) is 16.9. The highest BCUT2D eigenvalue weighted by Crippen LogP contribution is 2.19. The lowest BCUT2D eigenvalue weighted by Gasteiger charge is -2.13. The van der Waals surface area contributed by atoms with E-state index in [9.17, 15) is 9.59 Å². The molecule has 1 saturated carbocycles. The van der Waals surface area contributed by atoms with Gasteiger partial charge in [0.15, 0.2) is 0 Å². The van der Waals surface area contributed by atoms with Crippen molar-refractivity contribution in [1.82, 2.24) is 0 Å². The summed E-state index contributed by atoms with van der Waals surface area (Å²) in [5.41, 5.74) is 0. The molecule has 0 spiro atoms. The highest BCUT2D eigenvalue weighted by molar-refractivity contribution is 5.91. The van der Waals surface area contributed by atoms with Crippen LogP contribution >= 0.6 is 0 Å². The Bertz CT molecular complexity index is 339. The Hall–Kier alpha value is -1.32. The van der Waals surface area contributed by atoms with E-state index in [1.54, 1.807) is 0 Å². The van der Waals surface area contributed by atoms with Crippen molar-refractivity contribution < 1.29 is 19.1 Å². The number of carbonyl (C=O) groups excluding carboxylic acids is 2. The van der Waals surface area contributed by atoms with Crippen molar-refractivity contribution in [3.05, 3.63) is 12.2 Å². The SMILES string of the molecule is CC(C)CCCOC(=O)/C=C/C(=O)OC1CCCCCC1. The Morgan fingerprint density at radius 3 is 2.29 bits per heavy atom. The molecule has 0 aliphatic heterocycles. The van der Waals surface area contributed by atoms with Crippen LogP contribution in [0.2, 0.25) is 0 Å². The third-order valence-electron chi connectivity index (χ3n) is 3.61. The molecular formula is C17H28O4. The maximum Gasteiger partial charge on any atom is 0.331 e. The van der Waals surface area contributed by atoms with E-state index < -0.39 is 11.9 Å². The monoisotopic (exact) mass is 296 g/mol. The first kappa shape index (κ1) is 17.7. The van der Waals surface area contributed by atoms with Crippen molar-refractivity contribution in [3.63, 3.8) is 0 Å². The second kappa shape index (κ2) is 10.4. The Morgan fingerprint density at radius 2 is 1.67 bits per heavy atom. The van der Waals surface area contributed by atoms with Crippen LogP contribution in [0.1, 0.15) is 65.2 Å². The average molecular weight is 296 g/mol. The Balaban J connectivity index is 2.18. The van der Waals surface area contributed by atoms with Crippen molar-refractivity contribution in [1.29, 1.82) is 0 Å². The third kappa shape index (κ3) is 9.27. The molecule has 0 radical (unpaired) electrons. The van der Waals surface area contributed by atoms with Crippen LogP contribution in [0.5, 0.6) is 0 Å². The molecule has 0 unspecified atom stereocenters. The van der Waals surface area contributed by atoms with Gasteiger partial charge < -0.3 is 9.47 Å². The summed E-state index contributed by atoms with van der Waals surface area (Å²) in [6.45, 7) is 4.66. The summed E-state index contributed by atoms with van der Waals surface area (Å²) < 4.78 is 10.4. The van der Waals surface area contributed by atoms with Crippen LogP contribution in [0.25, 0.3) is 0 Å². The van der Waals surface area contributed by atoms with Crippen LogP contribution in [0, 0.1) is 5.92 Å². The first-order chi connectivity index (χ1) is 10.1. The summed E-state index contributed by atoms with van der Waals surface area (Å²) in [6, 6.07) is 0. The maximum atomic E-state index is 11.6. The van der Waals surface area contributed by atoms with E-state index in [1.165, 1.54) is 18.9 Å². The maximum absolute atomic E-state index is 11.6. The zero-order valence-corrected chi connectivity index (χ0v) is 13.3. The van der Waals surface area contributed by atoms with Gasteiger partial charge in [0.1, 0.15) is 6.10 Å². The summed E-state index contributed by atoms with van der Waals surface area (Å²) in [7, 11) is 0. The molecule has 1 aliphatic carbocycles. The van der Waals surface area contributed by atoms with E-state index in [1.807, 2.05) is 0 Å². The summed E-state index contributed by atoms with van der Waals surface area (Å²) >= 11 is 0. The van der Waals surface area contributed by atoms with Crippen LogP contribution in [0.4, 0.5) is 0 Å². The molecule has 4 heteroatoms. The van der Waals surface area contributed by atoms with Crippen molar-refractivity contribution in [3.8, 4) is 0 Å². The van der Waals surface area contributed by atoms with Gasteiger partial charge in [-0.25, -0.2) is 9.59 Å². The minimum atomic E-state index is -0.475. The lowest BCUT2D eigenvalue weighted by atomic mass is 10.1. The topological polar surface area (TPSA) is 52.6 Å². The number of hydrogen-bond donors (Lipinski definition) is 0. The van der Waals surface area contributed by atoms with Crippen molar-refractivity contribution in [2.45, 2.75) is 71.3 Å². The molecule has 1 fully saturated rings. The fourth-order valence-electron chi connectivity index (χ4n) is 2.41. The molecule has 1 rings (SSSR count). The molecule has 0 amide bonds. The predicted octanol–water partition coefficient (Wildman–Crippen LogP) is 3.79. The van der Waals surface area contributed by atoms with Gasteiger partial charge >= 0.3 is 11.9 Å². The molecule has 0 aromatic rings. The Labute approximate surface area is 127 Å². The Kier molecular flexibility index (Phi) is 8.79. The van der Waals surface area contributed by atoms with Crippen LogP contribution in [0.3, 0.4) is 0 Å². The molecule has 120 valence electrons. The smallest absolute Gasteiger partial charge is 0.331 e. The van der Waals surface area contributed by atoms with E-state index in [-0.39, 0.29) is 6.10 Å². The minimum absolute atomic E-state index is 0.00622. The number of ether oxygens (including phenoxy) is 2. The second-order valence-electron chi connectivity index (χ2n) is 6.09. The van der Waals surface area contributed by atoms with Crippen LogP contribution in [0.15, 0.2) is 12.2 Å². The summed E-state index contributed by atoms with van der Waals surface area (Å²) in [4.78, 5) is 23.1. The molecule has 0 saturated heterocycles. The Morgan fingerprint density at radius 1 is 1.05 bits per heavy atom. The quantitative estimate of drug-likeness (QED) is 0.310. The van der Waals surface area contributed by atoms with Crippen molar-refractivity contribution in [2.24, 2.45) is 5.92 Å². The van der Waals surface area contributed by atoms with E-state index in [0.717, 1.165) is 44.6 Å². The zero-order chi connectivity index (χ0) is 15.5. The van der Waals surface area contributed by atoms with E-state index >= 15 is 0 Å². The molecular weight excluding hydrogens is 268 g/mol. The third-order valence-corrected chi connectivity index (χ3v) is 3.61. The number of carbonyl (C=O) groups is 2. The summed E-state index contributed by atoms with van der Waals surface area (Å²) in [5.74, 6) is -0.314. The zero-order valence-electron chi connectivity index (χ0n) is 13.3. The lowest BCUT2D eigenvalue weighted by molar-refractivity contribution is -0.144. The van der Waals surface area contributed by atoms with Gasteiger partial charge in [-0.3, -0.25) is 0 Å². The lowest BCUT2D eigenvalue weighted by Crippen LogP contribution is -2.16. The van der Waals surface area contributed by atoms with E-state index in [0.29, 0.717) is 12.5 Å². The van der Waals surface area contributed by atoms with Gasteiger partial charge in [0.05, 0.1) is 6.61 Å². The molecule has 0 aromatic heterocycles. The predicted molar refractivity (Wildman–Crippen MR) is 81.8 cm³/mol. The number of hydrogen-bond acceptors (Lipinski definition) is 4. The first-order valence-electron chi connectivity index (χ1n) is 8.13. The fourth-order valence-corrected chi connectivity index (χ4v) is 2.41. The molecule has 0 N–H and O–H groups in total. The van der Waals surface area contributed by atoms with E-state index in [2.05, 4.69) is 13.8 Å². The highest BCUT2D eigenvalue weighted by Gasteiger charge is 2.15. The van der Waals surface area contributed by atoms with Gasteiger partial charge in [-0.1, -0.05) is 26.7 Å². The van der Waals surface area contributed by atoms with Crippen molar-refractivity contribution in [2.75, 3.05) is 6.61 Å². The molecule has 0 bridgehead atoms. The molecule has 4 nitrogen and oxygen atoms in total. The summed E-state index contributed by atoms with van der Waals surface area (Å²) in [5, 5.41) is 0. The first-order valence-corrected chi connectivity index (χ1v) is 8.13. The summed E-state index contributed by atoms with van der Waals surface area (Å²) in [6.07, 6.45) is 10.7. The van der Waals surface area contributed by atoms with Gasteiger partial charge in [-0.15, -0.1) is 0 Å². The van der Waals surface area contributed by atoms with Gasteiger partial charge in [0.25, 0.3) is 0 Å². The molecule has 0 atom stereocenters. The molecule has 0 heterocycles. The number of rotatable bonds is 7. The van der Waals surface area contributed by atoms with Gasteiger partial charge in [0.2, 0.25) is 0 Å². The fraction of sp³-hybridized carbons (Fsp3) is 0.765. The second-order valence-corrected chi connectivity index (χ2v) is 6.09. The average Bonchev–Trinajstić information content (AvgIpc) is 2.70. The van der Waals surface area contributed by atoms with Crippen LogP contribution in [-0.2, 0) is 19.1 Å². The van der Waals surface area contributed by atoms with Gasteiger partial charge in [-0.05, 0) is 44.4 Å². The largest absolute Gasteiger partial charge is 0.463 e. The van der Waals surface area contributed by atoms with Crippen LogP contribution < -0.4 is 0 Å². The van der Waals surface area contributed by atoms with Crippen molar-refractivity contribution >= 4 is 11.9 Å². The molecule has 1 aliphatic rings. The highest BCUT2D eigenvalue weighted by atomic mass is 16.5. The molecule has 21 heavy (non-hydrogen) atoms. The minimum Gasteiger partial charge on any atom is -0.463 e. The standard InChI is InChI=1S/C17H28O4/c1-14(2)8-7-13-20-16(18)11-12-17(19)21-15-9-5-3-4-6-10-15/h11-12,14-15H,3-10,13H2,1-2H3/b12-11+. The van der Waals surface area contributed by atoms with E-state index in [4.69, 9.17) is 9.47 Å². The number of esters is 2. The van der Waals surface area contributed by atoms with Gasteiger partial charge in [0, 0.05) is 12.2 Å². The van der Waals surface area contributed by atoms with Gasteiger partial charge in [-0.2, -0.15) is 0 Å². The molecule has 0 aromatic carbocycles.